The van der Waals surface area contributed by atoms with Crippen LogP contribution in [0.3, 0.4) is 0 Å². The number of nitro benzene ring substituents is 1. The van der Waals surface area contributed by atoms with E-state index in [2.05, 4.69) is 5.32 Å². The molecule has 0 spiro atoms. The van der Waals surface area contributed by atoms with Gasteiger partial charge in [-0.05, 0) is 23.3 Å². The minimum atomic E-state index is -1.44. The van der Waals surface area contributed by atoms with Gasteiger partial charge in [-0.3, -0.25) is 14.9 Å². The Morgan fingerprint density at radius 2 is 1.44 bits per heavy atom. The first-order valence-electron chi connectivity index (χ1n) is 10.0. The second kappa shape index (κ2) is 9.24. The van der Waals surface area contributed by atoms with E-state index in [1.165, 1.54) is 18.2 Å². The summed E-state index contributed by atoms with van der Waals surface area (Å²) in [7, 11) is 0. The lowest BCUT2D eigenvalue weighted by molar-refractivity contribution is -0.384. The highest BCUT2D eigenvalue weighted by atomic mass is 16.6. The number of carbonyl (C=O) groups excluding carboxylic acids is 1. The van der Waals surface area contributed by atoms with Crippen molar-refractivity contribution in [1.82, 2.24) is 0 Å². The topological polar surface area (TPSA) is 92.5 Å². The van der Waals surface area contributed by atoms with E-state index in [4.69, 9.17) is 0 Å². The first kappa shape index (κ1) is 21.0. The molecule has 4 aromatic rings. The van der Waals surface area contributed by atoms with Gasteiger partial charge in [0.25, 0.3) is 5.69 Å². The van der Waals surface area contributed by atoms with Gasteiger partial charge in [0.2, 0.25) is 0 Å². The molecule has 0 amide bonds. The molecular weight excluding hydrogens is 404 g/mol. The summed E-state index contributed by atoms with van der Waals surface area (Å²) in [5.41, 5.74) is 3.23. The largest absolute Gasteiger partial charge is 0.380 e. The number of nitrogens with zero attached hydrogens (tertiary/aromatic N) is 1. The first-order chi connectivity index (χ1) is 15.5. The van der Waals surface area contributed by atoms with Gasteiger partial charge >= 0.3 is 0 Å². The zero-order valence-electron chi connectivity index (χ0n) is 17.0. The Bertz CT molecular complexity index is 1260. The second-order valence-corrected chi connectivity index (χ2v) is 7.20. The van der Waals surface area contributed by atoms with Crippen molar-refractivity contribution in [2.45, 2.75) is 6.10 Å². The molecule has 158 valence electrons. The number of carbonyl (C=O) groups is 1. The van der Waals surface area contributed by atoms with Gasteiger partial charge in [0.15, 0.2) is 5.78 Å². The Kier molecular flexibility index (Phi) is 6.05. The molecule has 0 saturated heterocycles. The number of para-hydroxylation sites is 1. The summed E-state index contributed by atoms with van der Waals surface area (Å²) in [5.74, 6) is -0.625. The molecule has 6 heteroatoms. The molecule has 1 atom stereocenters. The molecule has 0 aliphatic rings. The molecule has 2 N–H and O–H groups in total. The Labute approximate surface area is 184 Å². The predicted molar refractivity (Wildman–Crippen MR) is 124 cm³/mol. The number of hydrogen-bond donors (Lipinski definition) is 2. The smallest absolute Gasteiger partial charge is 0.270 e. The maximum atomic E-state index is 13.2. The molecule has 6 nitrogen and oxygen atoms in total. The summed E-state index contributed by atoms with van der Waals surface area (Å²) in [4.78, 5) is 23.9. The highest BCUT2D eigenvalue weighted by molar-refractivity contribution is 6.05. The number of nitrogens with one attached hydrogen (secondary N) is 1. The summed E-state index contributed by atoms with van der Waals surface area (Å²) in [6.45, 7) is 0. The number of rotatable bonds is 7. The molecule has 0 radical (unpaired) electrons. The van der Waals surface area contributed by atoms with Crippen molar-refractivity contribution in [3.05, 3.63) is 124 Å². The number of aliphatic hydroxyl groups excluding tert-OH is 1. The maximum absolute atomic E-state index is 13.2. The van der Waals surface area contributed by atoms with Crippen molar-refractivity contribution in [3.63, 3.8) is 0 Å². The van der Waals surface area contributed by atoms with Crippen molar-refractivity contribution >= 4 is 22.8 Å². The average molecular weight is 424 g/mol. The Hall–Kier alpha value is -4.29. The molecule has 0 aromatic heterocycles. The zero-order valence-corrected chi connectivity index (χ0v) is 17.0. The van der Waals surface area contributed by atoms with Crippen LogP contribution in [-0.4, -0.2) is 15.8 Å². The highest BCUT2D eigenvalue weighted by Crippen LogP contribution is 2.34. The lowest BCUT2D eigenvalue weighted by atomic mass is 9.97. The van der Waals surface area contributed by atoms with Gasteiger partial charge in [0, 0.05) is 29.1 Å². The third-order valence-electron chi connectivity index (χ3n) is 5.12. The monoisotopic (exact) mass is 424 g/mol. The lowest BCUT2D eigenvalue weighted by Gasteiger charge is -2.17. The number of ketones is 1. The third-order valence-corrected chi connectivity index (χ3v) is 5.12. The van der Waals surface area contributed by atoms with E-state index >= 15 is 0 Å². The van der Waals surface area contributed by atoms with E-state index in [9.17, 15) is 20.0 Å². The van der Waals surface area contributed by atoms with Crippen LogP contribution in [0.4, 0.5) is 17.1 Å². The SMILES string of the molecule is O=C(c1cc([N+](=O)[O-])ccc1Nc1ccccc1-c1ccccc1)C(O)c1ccccc1. The molecule has 0 heterocycles. The summed E-state index contributed by atoms with van der Waals surface area (Å²) in [6, 6.07) is 29.8. The zero-order chi connectivity index (χ0) is 22.5. The number of aliphatic hydroxyl groups is 1. The number of Topliss-reactive ketones (excluding diaryl/α,β-unsaturated/α-hetero) is 1. The number of nitro groups is 1. The van der Waals surface area contributed by atoms with Crippen LogP contribution in [0.15, 0.2) is 103 Å². The van der Waals surface area contributed by atoms with Crippen molar-refractivity contribution in [1.29, 1.82) is 0 Å². The fourth-order valence-electron chi connectivity index (χ4n) is 3.50. The molecule has 32 heavy (non-hydrogen) atoms. The molecule has 4 aromatic carbocycles. The van der Waals surface area contributed by atoms with E-state index in [1.807, 2.05) is 54.6 Å². The van der Waals surface area contributed by atoms with Crippen LogP contribution >= 0.6 is 0 Å². The maximum Gasteiger partial charge on any atom is 0.270 e. The van der Waals surface area contributed by atoms with E-state index < -0.39 is 16.8 Å². The van der Waals surface area contributed by atoms with Crippen LogP contribution in [0.25, 0.3) is 11.1 Å². The van der Waals surface area contributed by atoms with Crippen LogP contribution < -0.4 is 5.32 Å². The van der Waals surface area contributed by atoms with Gasteiger partial charge < -0.3 is 10.4 Å². The van der Waals surface area contributed by atoms with Crippen molar-refractivity contribution in [3.8, 4) is 11.1 Å². The fourth-order valence-corrected chi connectivity index (χ4v) is 3.50. The van der Waals surface area contributed by atoms with Gasteiger partial charge in [-0.25, -0.2) is 0 Å². The van der Waals surface area contributed by atoms with Crippen LogP contribution in [0.1, 0.15) is 22.0 Å². The molecule has 0 saturated carbocycles. The van der Waals surface area contributed by atoms with Crippen molar-refractivity contribution < 1.29 is 14.8 Å². The van der Waals surface area contributed by atoms with Crippen LogP contribution in [0, 0.1) is 10.1 Å². The number of anilines is 2. The number of benzene rings is 4. The molecule has 4 rings (SSSR count). The number of hydrogen-bond acceptors (Lipinski definition) is 5. The fraction of sp³-hybridized carbons (Fsp3) is 0.0385. The average Bonchev–Trinajstić information content (AvgIpc) is 2.84. The lowest BCUT2D eigenvalue weighted by Crippen LogP contribution is -2.14. The summed E-state index contributed by atoms with van der Waals surface area (Å²) < 4.78 is 0. The molecule has 0 fully saturated rings. The first-order valence-corrected chi connectivity index (χ1v) is 10.0. The standard InChI is InChI=1S/C26H20N2O4/c29-25(19-11-5-2-6-12-19)26(30)22-17-20(28(31)32)15-16-24(22)27-23-14-8-7-13-21(23)18-9-3-1-4-10-18/h1-17,25,27,29H. The Morgan fingerprint density at radius 1 is 0.812 bits per heavy atom. The minimum absolute atomic E-state index is 0.0402. The van der Waals surface area contributed by atoms with Crippen molar-refractivity contribution in [2.24, 2.45) is 0 Å². The Morgan fingerprint density at radius 3 is 2.12 bits per heavy atom. The quantitative estimate of drug-likeness (QED) is 0.218. The second-order valence-electron chi connectivity index (χ2n) is 7.20. The molecule has 1 unspecified atom stereocenters. The van der Waals surface area contributed by atoms with Crippen LogP contribution in [0.2, 0.25) is 0 Å². The van der Waals surface area contributed by atoms with Gasteiger partial charge in [-0.2, -0.15) is 0 Å². The third kappa shape index (κ3) is 4.40. The molecule has 0 bridgehead atoms. The Balaban J connectivity index is 1.76. The van der Waals surface area contributed by atoms with Crippen LogP contribution in [-0.2, 0) is 0 Å². The van der Waals surface area contributed by atoms with Gasteiger partial charge in [-0.15, -0.1) is 0 Å². The molecule has 0 aliphatic heterocycles. The van der Waals surface area contributed by atoms with E-state index in [0.29, 0.717) is 11.3 Å². The highest BCUT2D eigenvalue weighted by Gasteiger charge is 2.24. The van der Waals surface area contributed by atoms with Crippen molar-refractivity contribution in [2.75, 3.05) is 5.32 Å². The summed E-state index contributed by atoms with van der Waals surface area (Å²) in [6.07, 6.45) is -1.44. The van der Waals surface area contributed by atoms with Crippen LogP contribution in [0.5, 0.6) is 0 Å². The predicted octanol–water partition coefficient (Wildman–Crippen LogP) is 5.92. The molecule has 0 aliphatic carbocycles. The van der Waals surface area contributed by atoms with E-state index in [-0.39, 0.29) is 11.3 Å². The van der Waals surface area contributed by atoms with Gasteiger partial charge in [-0.1, -0.05) is 78.9 Å². The minimum Gasteiger partial charge on any atom is -0.380 e. The molecular formula is C26H20N2O4. The van der Waals surface area contributed by atoms with E-state index in [0.717, 1.165) is 16.8 Å². The van der Waals surface area contributed by atoms with E-state index in [1.54, 1.807) is 30.3 Å². The number of non-ortho nitro benzene ring substituents is 1. The van der Waals surface area contributed by atoms with Gasteiger partial charge in [0.1, 0.15) is 6.10 Å². The normalized spacial score (nSPS) is 11.5. The summed E-state index contributed by atoms with van der Waals surface area (Å²) >= 11 is 0. The van der Waals surface area contributed by atoms with Gasteiger partial charge in [0.05, 0.1) is 10.5 Å². The summed E-state index contributed by atoms with van der Waals surface area (Å²) in [5, 5.41) is 25.2.